The van der Waals surface area contributed by atoms with Gasteiger partial charge >= 0.3 is 0 Å². The van der Waals surface area contributed by atoms with Crippen molar-refractivity contribution in [3.05, 3.63) is 22.4 Å². The van der Waals surface area contributed by atoms with E-state index in [0.717, 1.165) is 19.3 Å². The van der Waals surface area contributed by atoms with Crippen molar-refractivity contribution in [2.45, 2.75) is 51.1 Å². The molecule has 0 bridgehead atoms. The number of rotatable bonds is 5. The van der Waals surface area contributed by atoms with E-state index in [4.69, 9.17) is 0 Å². The van der Waals surface area contributed by atoms with Gasteiger partial charge in [0, 0.05) is 11.4 Å². The van der Waals surface area contributed by atoms with Gasteiger partial charge in [0.25, 0.3) is 0 Å². The maximum Gasteiger partial charge on any atom is 0.246 e. The molecule has 1 aliphatic carbocycles. The third-order valence-electron chi connectivity index (χ3n) is 4.83. The lowest BCUT2D eigenvalue weighted by Gasteiger charge is -2.46. The summed E-state index contributed by atoms with van der Waals surface area (Å²) in [6.07, 6.45) is 3.57. The second-order valence-electron chi connectivity index (χ2n) is 6.18. The largest absolute Gasteiger partial charge is 0.342 e. The summed E-state index contributed by atoms with van der Waals surface area (Å²) >= 11 is 1.71. The van der Waals surface area contributed by atoms with Crippen LogP contribution in [0.5, 0.6) is 0 Å². The zero-order chi connectivity index (χ0) is 15.0. The fourth-order valence-corrected chi connectivity index (χ4v) is 3.95. The predicted octanol–water partition coefficient (Wildman–Crippen LogP) is 2.20. The number of amides is 2. The zero-order valence-corrected chi connectivity index (χ0v) is 13.4. The molecule has 4 nitrogen and oxygen atoms in total. The van der Waals surface area contributed by atoms with Gasteiger partial charge in [-0.3, -0.25) is 9.59 Å². The van der Waals surface area contributed by atoms with Gasteiger partial charge in [0.1, 0.15) is 11.6 Å². The molecule has 0 spiro atoms. The molecule has 2 atom stereocenters. The summed E-state index contributed by atoms with van der Waals surface area (Å²) in [6, 6.07) is 3.76. The highest BCUT2D eigenvalue weighted by atomic mass is 32.1. The van der Waals surface area contributed by atoms with E-state index in [0.29, 0.717) is 18.9 Å². The quantitative estimate of drug-likeness (QED) is 0.906. The van der Waals surface area contributed by atoms with Gasteiger partial charge in [-0.25, -0.2) is 0 Å². The molecule has 114 valence electrons. The topological polar surface area (TPSA) is 49.4 Å². The van der Waals surface area contributed by atoms with E-state index >= 15 is 0 Å². The summed E-state index contributed by atoms with van der Waals surface area (Å²) < 4.78 is 0. The van der Waals surface area contributed by atoms with Crippen LogP contribution in [0.25, 0.3) is 0 Å². The summed E-state index contributed by atoms with van der Waals surface area (Å²) in [5, 5.41) is 4.97. The van der Waals surface area contributed by atoms with Crippen molar-refractivity contribution in [2.75, 3.05) is 6.54 Å². The van der Waals surface area contributed by atoms with E-state index in [1.54, 1.807) is 11.3 Å². The number of nitrogens with zero attached hydrogens (tertiary/aromatic N) is 1. The highest BCUT2D eigenvalue weighted by molar-refractivity contribution is 7.09. The maximum atomic E-state index is 12.7. The lowest BCUT2D eigenvalue weighted by Crippen LogP contribution is -2.70. The first-order valence-electron chi connectivity index (χ1n) is 7.72. The Labute approximate surface area is 129 Å². The smallest absolute Gasteiger partial charge is 0.246 e. The van der Waals surface area contributed by atoms with Crippen LogP contribution in [0.3, 0.4) is 0 Å². The highest BCUT2D eigenvalue weighted by Crippen LogP contribution is 2.45. The minimum Gasteiger partial charge on any atom is -0.342 e. The summed E-state index contributed by atoms with van der Waals surface area (Å²) in [4.78, 5) is 28.4. The zero-order valence-electron chi connectivity index (χ0n) is 12.6. The number of hydrogen-bond donors (Lipinski definition) is 1. The van der Waals surface area contributed by atoms with Crippen molar-refractivity contribution in [1.82, 2.24) is 10.2 Å². The number of carbonyl (C=O) groups excluding carboxylic acids is 2. The standard InChI is InChI=1S/C16H22N2O2S/c1-3-13-14(19)18(9-8-12-5-4-10-21-12)16(2,11-6-7-11)15(20)17-13/h4-5,10-11,13H,3,6-9H2,1-2H3,(H,17,20). The Morgan fingerprint density at radius 3 is 2.76 bits per heavy atom. The normalized spacial score (nSPS) is 29.6. The summed E-state index contributed by atoms with van der Waals surface area (Å²) in [6.45, 7) is 4.52. The molecule has 1 aromatic rings. The Morgan fingerprint density at radius 2 is 2.19 bits per heavy atom. The maximum absolute atomic E-state index is 12.7. The van der Waals surface area contributed by atoms with Gasteiger partial charge < -0.3 is 10.2 Å². The molecule has 2 fully saturated rings. The minimum atomic E-state index is -0.653. The third kappa shape index (κ3) is 2.48. The van der Waals surface area contributed by atoms with Crippen LogP contribution >= 0.6 is 11.3 Å². The summed E-state index contributed by atoms with van der Waals surface area (Å²) in [5.74, 6) is 0.438. The van der Waals surface area contributed by atoms with Crippen molar-refractivity contribution >= 4 is 23.2 Å². The van der Waals surface area contributed by atoms with Crippen molar-refractivity contribution in [1.29, 1.82) is 0 Å². The van der Waals surface area contributed by atoms with Crippen molar-refractivity contribution in [3.63, 3.8) is 0 Å². The SMILES string of the molecule is CCC1NC(=O)C(C)(C2CC2)N(CCc2cccs2)C1=O. The van der Waals surface area contributed by atoms with Gasteiger partial charge in [-0.1, -0.05) is 13.0 Å². The Morgan fingerprint density at radius 1 is 1.43 bits per heavy atom. The third-order valence-corrected chi connectivity index (χ3v) is 5.77. The first-order chi connectivity index (χ1) is 10.1. The molecule has 1 N–H and O–H groups in total. The van der Waals surface area contributed by atoms with Crippen LogP contribution in [0.2, 0.25) is 0 Å². The average molecular weight is 306 g/mol. The molecule has 5 heteroatoms. The van der Waals surface area contributed by atoms with Crippen LogP contribution in [0, 0.1) is 5.92 Å². The van der Waals surface area contributed by atoms with Crippen molar-refractivity contribution in [3.8, 4) is 0 Å². The molecule has 0 aromatic carbocycles. The number of piperazine rings is 1. The fourth-order valence-electron chi connectivity index (χ4n) is 3.25. The van der Waals surface area contributed by atoms with Crippen LogP contribution in [0.4, 0.5) is 0 Å². The number of carbonyl (C=O) groups is 2. The Bertz CT molecular complexity index is 538. The fraction of sp³-hybridized carbons (Fsp3) is 0.625. The minimum absolute atomic E-state index is 0.0302. The van der Waals surface area contributed by atoms with E-state index in [-0.39, 0.29) is 17.9 Å². The molecule has 2 heterocycles. The first-order valence-corrected chi connectivity index (χ1v) is 8.60. The molecule has 1 saturated carbocycles. The molecule has 3 rings (SSSR count). The van der Waals surface area contributed by atoms with Crippen molar-refractivity contribution in [2.24, 2.45) is 5.92 Å². The highest BCUT2D eigenvalue weighted by Gasteiger charge is 2.56. The molecule has 0 radical (unpaired) electrons. The van der Waals surface area contributed by atoms with Crippen LogP contribution in [0.15, 0.2) is 17.5 Å². The molecule has 2 unspecified atom stereocenters. The van der Waals surface area contributed by atoms with Crippen molar-refractivity contribution < 1.29 is 9.59 Å². The number of thiophene rings is 1. The van der Waals surface area contributed by atoms with Crippen LogP contribution in [-0.4, -0.2) is 34.8 Å². The van der Waals surface area contributed by atoms with Crippen LogP contribution < -0.4 is 5.32 Å². The Hall–Kier alpha value is -1.36. The monoisotopic (exact) mass is 306 g/mol. The summed E-state index contributed by atoms with van der Waals surface area (Å²) in [7, 11) is 0. The lowest BCUT2D eigenvalue weighted by molar-refractivity contribution is -0.158. The molecule has 2 amide bonds. The first kappa shape index (κ1) is 14.6. The van der Waals surface area contributed by atoms with Gasteiger partial charge in [-0.2, -0.15) is 0 Å². The molecule has 1 saturated heterocycles. The van der Waals surface area contributed by atoms with E-state index < -0.39 is 5.54 Å². The van der Waals surface area contributed by atoms with Gasteiger partial charge in [-0.05, 0) is 50.0 Å². The number of hydrogen-bond acceptors (Lipinski definition) is 3. The summed E-state index contributed by atoms with van der Waals surface area (Å²) in [5.41, 5.74) is -0.653. The number of nitrogens with one attached hydrogen (secondary N) is 1. The second-order valence-corrected chi connectivity index (χ2v) is 7.21. The molecule has 1 aliphatic heterocycles. The van der Waals surface area contributed by atoms with Gasteiger partial charge in [0.05, 0.1) is 0 Å². The van der Waals surface area contributed by atoms with Gasteiger partial charge in [0.2, 0.25) is 11.8 Å². The molecular weight excluding hydrogens is 284 g/mol. The molecule has 2 aliphatic rings. The van der Waals surface area contributed by atoms with E-state index in [9.17, 15) is 9.59 Å². The van der Waals surface area contributed by atoms with E-state index in [1.807, 2.05) is 24.8 Å². The van der Waals surface area contributed by atoms with E-state index in [1.165, 1.54) is 4.88 Å². The molecule has 1 aromatic heterocycles. The molecule has 21 heavy (non-hydrogen) atoms. The second kappa shape index (κ2) is 5.44. The lowest BCUT2D eigenvalue weighted by atomic mass is 9.87. The predicted molar refractivity (Wildman–Crippen MR) is 83.1 cm³/mol. The Balaban J connectivity index is 1.83. The van der Waals surface area contributed by atoms with Crippen LogP contribution in [-0.2, 0) is 16.0 Å². The Kier molecular flexibility index (Phi) is 3.78. The van der Waals surface area contributed by atoms with E-state index in [2.05, 4.69) is 16.8 Å². The average Bonchev–Trinajstić information content (AvgIpc) is 3.21. The molecular formula is C16H22N2O2S. The van der Waals surface area contributed by atoms with Gasteiger partial charge in [0.15, 0.2) is 0 Å². The van der Waals surface area contributed by atoms with Crippen LogP contribution in [0.1, 0.15) is 38.0 Å². The van der Waals surface area contributed by atoms with Gasteiger partial charge in [-0.15, -0.1) is 11.3 Å².